The number of ether oxygens (including phenoxy) is 1. The molecular weight excluding hydrogens is 396 g/mol. The molecule has 0 N–H and O–H groups in total. The Balaban J connectivity index is 1.63. The molecule has 4 aromatic rings. The number of carbonyl (C=O) groups is 1. The van der Waals surface area contributed by atoms with E-state index in [9.17, 15) is 9.59 Å². The van der Waals surface area contributed by atoms with Gasteiger partial charge in [0.15, 0.2) is 0 Å². The molecule has 0 radical (unpaired) electrons. The van der Waals surface area contributed by atoms with Crippen LogP contribution in [0.15, 0.2) is 65.5 Å². The van der Waals surface area contributed by atoms with Gasteiger partial charge in [-0.25, -0.2) is 9.78 Å². The first-order valence-electron chi connectivity index (χ1n) is 9.89. The summed E-state index contributed by atoms with van der Waals surface area (Å²) >= 11 is 1.53. The molecule has 0 amide bonds. The topological polar surface area (TPSA) is 61.2 Å². The second-order valence-electron chi connectivity index (χ2n) is 7.08. The van der Waals surface area contributed by atoms with E-state index >= 15 is 0 Å². The minimum absolute atomic E-state index is 0.0534. The van der Waals surface area contributed by atoms with Gasteiger partial charge in [0.2, 0.25) is 0 Å². The molecule has 2 heterocycles. The largest absolute Gasteiger partial charge is 0.462 e. The molecule has 0 saturated carbocycles. The number of hydrogen-bond acceptors (Lipinski definition) is 5. The van der Waals surface area contributed by atoms with Crippen molar-refractivity contribution in [1.82, 2.24) is 9.55 Å². The number of rotatable bonds is 6. The lowest BCUT2D eigenvalue weighted by atomic mass is 10.1. The Morgan fingerprint density at radius 3 is 2.53 bits per heavy atom. The van der Waals surface area contributed by atoms with E-state index < -0.39 is 0 Å². The molecule has 30 heavy (non-hydrogen) atoms. The van der Waals surface area contributed by atoms with E-state index in [0.717, 1.165) is 27.3 Å². The lowest BCUT2D eigenvalue weighted by Crippen LogP contribution is -2.23. The Morgan fingerprint density at radius 1 is 1.10 bits per heavy atom. The third-order valence-corrected chi connectivity index (χ3v) is 5.95. The van der Waals surface area contributed by atoms with E-state index in [0.29, 0.717) is 29.9 Å². The average Bonchev–Trinajstić information content (AvgIpc) is 3.20. The number of aromatic nitrogens is 2. The lowest BCUT2D eigenvalue weighted by molar-refractivity contribution is 0.0505. The van der Waals surface area contributed by atoms with Gasteiger partial charge in [-0.2, -0.15) is 0 Å². The van der Waals surface area contributed by atoms with E-state index in [2.05, 4.69) is 4.98 Å². The lowest BCUT2D eigenvalue weighted by Gasteiger charge is -2.10. The van der Waals surface area contributed by atoms with Gasteiger partial charge >= 0.3 is 5.97 Å². The summed E-state index contributed by atoms with van der Waals surface area (Å²) in [5.74, 6) is 0.340. The quantitative estimate of drug-likeness (QED) is 0.411. The van der Waals surface area contributed by atoms with Crippen molar-refractivity contribution in [2.75, 3.05) is 6.61 Å². The van der Waals surface area contributed by atoms with Gasteiger partial charge in [-0.1, -0.05) is 49.4 Å². The van der Waals surface area contributed by atoms with Gasteiger partial charge in [-0.15, -0.1) is 11.3 Å². The highest BCUT2D eigenvalue weighted by molar-refractivity contribution is 7.21. The standard InChI is InChI=1S/C24H22N2O3S/c1-3-13-29-24(28)19-11-9-17(10-12-19)15-26-16(2)25-22-20(23(26)27)14-21(30-22)18-7-5-4-6-8-18/h4-12,14H,3,13,15H2,1-2H3. The van der Waals surface area contributed by atoms with E-state index in [1.807, 2.05) is 62.4 Å². The molecule has 0 bridgehead atoms. The number of hydrogen-bond donors (Lipinski definition) is 0. The molecule has 5 nitrogen and oxygen atoms in total. The molecule has 0 atom stereocenters. The molecule has 0 spiro atoms. The summed E-state index contributed by atoms with van der Waals surface area (Å²) < 4.78 is 6.83. The van der Waals surface area contributed by atoms with E-state index in [1.54, 1.807) is 16.7 Å². The Hall–Kier alpha value is -3.25. The molecule has 152 valence electrons. The number of esters is 1. The number of aryl methyl sites for hydroxylation is 1. The number of nitrogens with zero attached hydrogens (tertiary/aromatic N) is 2. The van der Waals surface area contributed by atoms with E-state index in [-0.39, 0.29) is 11.5 Å². The van der Waals surface area contributed by atoms with Crippen LogP contribution in [0.25, 0.3) is 20.7 Å². The van der Waals surface area contributed by atoms with Crippen LogP contribution in [0.1, 0.15) is 35.1 Å². The highest BCUT2D eigenvalue weighted by Gasteiger charge is 2.14. The van der Waals surface area contributed by atoms with Crippen LogP contribution in [0.2, 0.25) is 0 Å². The molecule has 0 fully saturated rings. The summed E-state index contributed by atoms with van der Waals surface area (Å²) in [6.45, 7) is 4.61. The van der Waals surface area contributed by atoms with Gasteiger partial charge in [0.05, 0.1) is 24.1 Å². The zero-order valence-electron chi connectivity index (χ0n) is 16.9. The Bertz CT molecular complexity index is 1240. The summed E-state index contributed by atoms with van der Waals surface area (Å²) in [4.78, 5) is 31.6. The molecule has 0 aliphatic carbocycles. The zero-order valence-corrected chi connectivity index (χ0v) is 17.7. The molecule has 6 heteroatoms. The first-order valence-corrected chi connectivity index (χ1v) is 10.7. The monoisotopic (exact) mass is 418 g/mol. The predicted molar refractivity (Wildman–Crippen MR) is 120 cm³/mol. The summed E-state index contributed by atoms with van der Waals surface area (Å²) in [6, 6.07) is 19.1. The summed E-state index contributed by atoms with van der Waals surface area (Å²) in [7, 11) is 0. The minimum Gasteiger partial charge on any atom is -0.462 e. The number of thiophene rings is 1. The van der Waals surface area contributed by atoms with Crippen LogP contribution in [0.3, 0.4) is 0 Å². The maximum atomic E-state index is 13.1. The van der Waals surface area contributed by atoms with Crippen molar-refractivity contribution in [2.45, 2.75) is 26.8 Å². The first-order chi connectivity index (χ1) is 14.6. The van der Waals surface area contributed by atoms with Crippen LogP contribution in [-0.2, 0) is 11.3 Å². The second-order valence-corrected chi connectivity index (χ2v) is 8.11. The van der Waals surface area contributed by atoms with Gasteiger partial charge in [0, 0.05) is 4.88 Å². The molecule has 0 aliphatic heterocycles. The highest BCUT2D eigenvalue weighted by atomic mass is 32.1. The zero-order chi connectivity index (χ0) is 21.1. The van der Waals surface area contributed by atoms with Crippen molar-refractivity contribution in [1.29, 1.82) is 0 Å². The van der Waals surface area contributed by atoms with Crippen LogP contribution in [0, 0.1) is 6.92 Å². The Morgan fingerprint density at radius 2 is 1.83 bits per heavy atom. The van der Waals surface area contributed by atoms with Crippen molar-refractivity contribution in [3.8, 4) is 10.4 Å². The fourth-order valence-electron chi connectivity index (χ4n) is 3.26. The second kappa shape index (κ2) is 8.63. The smallest absolute Gasteiger partial charge is 0.338 e. The Labute approximate surface area is 178 Å². The fourth-order valence-corrected chi connectivity index (χ4v) is 4.33. The summed E-state index contributed by atoms with van der Waals surface area (Å²) in [6.07, 6.45) is 0.788. The third kappa shape index (κ3) is 4.04. The maximum absolute atomic E-state index is 13.1. The SMILES string of the molecule is CCCOC(=O)c1ccc(Cn2c(C)nc3sc(-c4ccccc4)cc3c2=O)cc1. The molecule has 0 saturated heterocycles. The fraction of sp³-hybridized carbons (Fsp3) is 0.208. The van der Waals surface area contributed by atoms with Gasteiger partial charge in [0.1, 0.15) is 10.7 Å². The summed E-state index contributed by atoms with van der Waals surface area (Å²) in [5.41, 5.74) is 2.46. The molecule has 4 rings (SSSR count). The number of benzene rings is 2. The van der Waals surface area contributed by atoms with E-state index in [4.69, 9.17) is 4.74 Å². The van der Waals surface area contributed by atoms with Crippen molar-refractivity contribution in [2.24, 2.45) is 0 Å². The van der Waals surface area contributed by atoms with Gasteiger partial charge in [-0.05, 0) is 42.7 Å². The van der Waals surface area contributed by atoms with Gasteiger partial charge in [0.25, 0.3) is 5.56 Å². The molecule has 2 aromatic carbocycles. The van der Waals surface area contributed by atoms with Gasteiger partial charge < -0.3 is 4.74 Å². The van der Waals surface area contributed by atoms with Crippen LogP contribution in [-0.4, -0.2) is 22.1 Å². The number of carbonyl (C=O) groups excluding carboxylic acids is 1. The third-order valence-electron chi connectivity index (χ3n) is 4.87. The summed E-state index contributed by atoms with van der Waals surface area (Å²) in [5, 5.41) is 0.629. The highest BCUT2D eigenvalue weighted by Crippen LogP contribution is 2.31. The van der Waals surface area contributed by atoms with Crippen LogP contribution >= 0.6 is 11.3 Å². The Kier molecular flexibility index (Phi) is 5.77. The van der Waals surface area contributed by atoms with Crippen LogP contribution in [0.5, 0.6) is 0 Å². The average molecular weight is 419 g/mol. The van der Waals surface area contributed by atoms with Crippen molar-refractivity contribution >= 4 is 27.5 Å². The molecule has 2 aromatic heterocycles. The van der Waals surface area contributed by atoms with Crippen LogP contribution in [0.4, 0.5) is 0 Å². The minimum atomic E-state index is -0.327. The maximum Gasteiger partial charge on any atom is 0.338 e. The predicted octanol–water partition coefficient (Wildman–Crippen LogP) is 5.05. The van der Waals surface area contributed by atoms with Crippen molar-refractivity contribution in [3.05, 3.63) is 88.0 Å². The van der Waals surface area contributed by atoms with Crippen molar-refractivity contribution in [3.63, 3.8) is 0 Å². The van der Waals surface area contributed by atoms with Crippen LogP contribution < -0.4 is 5.56 Å². The van der Waals surface area contributed by atoms with Crippen molar-refractivity contribution < 1.29 is 9.53 Å². The molecular formula is C24H22N2O3S. The normalized spacial score (nSPS) is 11.0. The first kappa shape index (κ1) is 20.0. The molecule has 0 unspecified atom stereocenters. The number of fused-ring (bicyclic) bond motifs is 1. The molecule has 0 aliphatic rings. The van der Waals surface area contributed by atoms with E-state index in [1.165, 1.54) is 11.3 Å². The van der Waals surface area contributed by atoms with Gasteiger partial charge in [-0.3, -0.25) is 9.36 Å².